The van der Waals surface area contributed by atoms with Crippen LogP contribution in [-0.4, -0.2) is 36.9 Å². The van der Waals surface area contributed by atoms with Crippen molar-refractivity contribution in [1.29, 1.82) is 0 Å². The first-order valence-corrected chi connectivity index (χ1v) is 7.72. The Hall–Kier alpha value is -0.943. The number of hydrogen-bond donors (Lipinski definition) is 0. The maximum atomic E-state index is 5.69. The molecule has 0 fully saturated rings. The molecule has 0 saturated heterocycles. The lowest BCUT2D eigenvalue weighted by Crippen LogP contribution is -2.17. The highest BCUT2D eigenvalue weighted by Crippen LogP contribution is 2.06. The molecule has 0 aliphatic heterocycles. The highest BCUT2D eigenvalue weighted by Gasteiger charge is 2.04. The van der Waals surface area contributed by atoms with E-state index in [9.17, 15) is 0 Å². The third-order valence-electron chi connectivity index (χ3n) is 2.77. The molecule has 0 aliphatic carbocycles. The van der Waals surface area contributed by atoms with E-state index in [1.165, 1.54) is 5.56 Å². The van der Waals surface area contributed by atoms with Gasteiger partial charge in [-0.2, -0.15) is 0 Å². The van der Waals surface area contributed by atoms with Gasteiger partial charge in [0.1, 0.15) is 0 Å². The molecule has 0 N–H and O–H groups in total. The number of methoxy groups -OCH3 is 2. The second-order valence-electron chi connectivity index (χ2n) is 4.00. The second-order valence-corrected chi connectivity index (χ2v) is 5.39. The summed E-state index contributed by atoms with van der Waals surface area (Å²) in [6.07, 6.45) is 2.70. The molecule has 1 aromatic carbocycles. The molecule has 0 radical (unpaired) electrons. The zero-order chi connectivity index (χ0) is 13.2. The summed E-state index contributed by atoms with van der Waals surface area (Å²) in [6, 6.07) is 9.28. The van der Waals surface area contributed by atoms with Crippen LogP contribution in [0.2, 0.25) is 6.04 Å². The predicted octanol–water partition coefficient (Wildman–Crippen LogP) is 2.01. The van der Waals surface area contributed by atoms with Gasteiger partial charge in [-0.15, -0.1) is 0 Å². The molecular weight excluding hydrogens is 244 g/mol. The lowest BCUT2D eigenvalue weighted by Gasteiger charge is -2.12. The molecule has 0 amide bonds. The SMILES string of the molecule is C=Cc1ccc(CCO[SiH2]CC(OC)OC)cc1. The van der Waals surface area contributed by atoms with Crippen LogP contribution in [0.5, 0.6) is 0 Å². The molecule has 0 spiro atoms. The van der Waals surface area contributed by atoms with Crippen molar-refractivity contribution in [3.8, 4) is 0 Å². The fourth-order valence-electron chi connectivity index (χ4n) is 1.62. The first-order valence-electron chi connectivity index (χ1n) is 6.15. The van der Waals surface area contributed by atoms with Crippen molar-refractivity contribution < 1.29 is 13.9 Å². The zero-order valence-corrected chi connectivity index (χ0v) is 12.6. The van der Waals surface area contributed by atoms with Gasteiger partial charge < -0.3 is 13.9 Å². The number of rotatable bonds is 9. The smallest absolute Gasteiger partial charge is 0.166 e. The Balaban J connectivity index is 2.15. The molecule has 0 atom stereocenters. The van der Waals surface area contributed by atoms with Gasteiger partial charge >= 0.3 is 0 Å². The zero-order valence-electron chi connectivity index (χ0n) is 11.2. The van der Waals surface area contributed by atoms with Crippen molar-refractivity contribution in [2.45, 2.75) is 18.8 Å². The maximum Gasteiger partial charge on any atom is 0.166 e. The molecule has 18 heavy (non-hydrogen) atoms. The summed E-state index contributed by atoms with van der Waals surface area (Å²) in [5.74, 6) is 0. The van der Waals surface area contributed by atoms with Gasteiger partial charge in [0.2, 0.25) is 0 Å². The maximum absolute atomic E-state index is 5.69. The molecule has 100 valence electrons. The van der Waals surface area contributed by atoms with Crippen LogP contribution in [0.1, 0.15) is 11.1 Å². The van der Waals surface area contributed by atoms with Crippen LogP contribution in [0.4, 0.5) is 0 Å². The van der Waals surface area contributed by atoms with Crippen LogP contribution in [0.3, 0.4) is 0 Å². The van der Waals surface area contributed by atoms with Crippen LogP contribution in [0.25, 0.3) is 6.08 Å². The fraction of sp³-hybridized carbons (Fsp3) is 0.429. The van der Waals surface area contributed by atoms with E-state index in [2.05, 4.69) is 30.8 Å². The van der Waals surface area contributed by atoms with Crippen molar-refractivity contribution in [1.82, 2.24) is 0 Å². The summed E-state index contributed by atoms with van der Waals surface area (Å²) < 4.78 is 15.9. The standard InChI is InChI=1S/C14H22O3Si/c1-4-12-5-7-13(8-6-12)9-10-17-18-11-14(15-2)16-3/h4-8,14H,1,9-11,18H2,2-3H3. The predicted molar refractivity (Wildman–Crippen MR) is 77.3 cm³/mol. The monoisotopic (exact) mass is 266 g/mol. The third kappa shape index (κ3) is 5.60. The largest absolute Gasteiger partial charge is 0.423 e. The second kappa shape index (κ2) is 9.05. The van der Waals surface area contributed by atoms with Crippen molar-refractivity contribution in [2.75, 3.05) is 20.8 Å². The molecule has 0 aliphatic rings. The summed E-state index contributed by atoms with van der Waals surface area (Å²) in [5.41, 5.74) is 2.45. The third-order valence-corrected chi connectivity index (χ3v) is 4.06. The molecule has 0 heterocycles. The van der Waals surface area contributed by atoms with E-state index in [4.69, 9.17) is 13.9 Å². The number of hydrogen-bond acceptors (Lipinski definition) is 3. The van der Waals surface area contributed by atoms with E-state index in [0.29, 0.717) is 0 Å². The summed E-state index contributed by atoms with van der Waals surface area (Å²) in [6.45, 7) is 4.51. The van der Waals surface area contributed by atoms with E-state index >= 15 is 0 Å². The normalized spacial score (nSPS) is 11.5. The Labute approximate surface area is 112 Å². The quantitative estimate of drug-likeness (QED) is 0.389. The van der Waals surface area contributed by atoms with Gasteiger partial charge in [-0.05, 0) is 17.5 Å². The molecular formula is C14H22O3Si. The van der Waals surface area contributed by atoms with E-state index in [1.54, 1.807) is 14.2 Å². The van der Waals surface area contributed by atoms with Gasteiger partial charge in [-0.25, -0.2) is 0 Å². The Kier molecular flexibility index (Phi) is 7.60. The van der Waals surface area contributed by atoms with Crippen LogP contribution in [-0.2, 0) is 20.3 Å². The van der Waals surface area contributed by atoms with Gasteiger partial charge in [0, 0.05) is 26.9 Å². The Morgan fingerprint density at radius 3 is 2.44 bits per heavy atom. The molecule has 0 aromatic heterocycles. The van der Waals surface area contributed by atoms with Crippen LogP contribution >= 0.6 is 0 Å². The topological polar surface area (TPSA) is 27.7 Å². The van der Waals surface area contributed by atoms with Gasteiger partial charge in [-0.3, -0.25) is 0 Å². The van der Waals surface area contributed by atoms with Crippen molar-refractivity contribution in [3.63, 3.8) is 0 Å². The average Bonchev–Trinajstić information content (AvgIpc) is 2.43. The van der Waals surface area contributed by atoms with Gasteiger partial charge in [-0.1, -0.05) is 36.9 Å². The molecule has 4 heteroatoms. The van der Waals surface area contributed by atoms with Crippen molar-refractivity contribution in [2.24, 2.45) is 0 Å². The lowest BCUT2D eigenvalue weighted by atomic mass is 10.1. The van der Waals surface area contributed by atoms with Gasteiger partial charge in [0.05, 0.1) is 0 Å². The Bertz CT molecular complexity index is 333. The summed E-state index contributed by atoms with van der Waals surface area (Å²) >= 11 is 0. The molecule has 3 nitrogen and oxygen atoms in total. The molecule has 0 saturated carbocycles. The first kappa shape index (κ1) is 15.1. The van der Waals surface area contributed by atoms with Crippen LogP contribution < -0.4 is 0 Å². The fourth-order valence-corrected chi connectivity index (χ4v) is 2.80. The number of ether oxygens (including phenoxy) is 2. The van der Waals surface area contributed by atoms with E-state index < -0.39 is 9.76 Å². The molecule has 0 unspecified atom stereocenters. The lowest BCUT2D eigenvalue weighted by molar-refractivity contribution is -0.0888. The van der Waals surface area contributed by atoms with Crippen molar-refractivity contribution in [3.05, 3.63) is 42.0 Å². The highest BCUT2D eigenvalue weighted by atomic mass is 28.2. The molecule has 0 bridgehead atoms. The minimum Gasteiger partial charge on any atom is -0.423 e. The molecule has 1 aromatic rings. The van der Waals surface area contributed by atoms with Crippen LogP contribution in [0.15, 0.2) is 30.8 Å². The Morgan fingerprint density at radius 2 is 1.89 bits per heavy atom. The van der Waals surface area contributed by atoms with E-state index in [-0.39, 0.29) is 6.29 Å². The average molecular weight is 266 g/mol. The van der Waals surface area contributed by atoms with E-state index in [0.717, 1.165) is 24.6 Å². The first-order chi connectivity index (χ1) is 8.80. The molecule has 1 rings (SSSR count). The minimum atomic E-state index is -0.552. The minimum absolute atomic E-state index is 0.108. The van der Waals surface area contributed by atoms with Crippen molar-refractivity contribution >= 4 is 15.8 Å². The van der Waals surface area contributed by atoms with Gasteiger partial charge in [0.25, 0.3) is 0 Å². The summed E-state index contributed by atoms with van der Waals surface area (Å²) in [5, 5.41) is 0. The number of benzene rings is 1. The van der Waals surface area contributed by atoms with Gasteiger partial charge in [0.15, 0.2) is 16.1 Å². The summed E-state index contributed by atoms with van der Waals surface area (Å²) in [4.78, 5) is 0. The van der Waals surface area contributed by atoms with Crippen LogP contribution in [0, 0.1) is 0 Å². The van der Waals surface area contributed by atoms with E-state index in [1.807, 2.05) is 6.08 Å². The Morgan fingerprint density at radius 1 is 1.22 bits per heavy atom. The highest BCUT2D eigenvalue weighted by molar-refractivity contribution is 6.27. The summed E-state index contributed by atoms with van der Waals surface area (Å²) in [7, 11) is 2.76.